The molecule has 0 fully saturated rings. The fourth-order valence-electron chi connectivity index (χ4n) is 2.20. The number of aryl methyl sites for hydroxylation is 1. The quantitative estimate of drug-likeness (QED) is 0.733. The Bertz CT molecular complexity index is 949. The summed E-state index contributed by atoms with van der Waals surface area (Å²) < 4.78 is 14.3. The van der Waals surface area contributed by atoms with Crippen molar-refractivity contribution in [2.75, 3.05) is 5.75 Å². The lowest BCUT2D eigenvalue weighted by Gasteiger charge is -2.03. The number of hydrogen-bond donors (Lipinski definition) is 1. The predicted molar refractivity (Wildman–Crippen MR) is 89.5 cm³/mol. The fraction of sp³-hybridized carbons (Fsp3) is 0.133. The van der Waals surface area contributed by atoms with E-state index in [4.69, 9.17) is 11.6 Å². The van der Waals surface area contributed by atoms with Crippen molar-refractivity contribution in [1.82, 2.24) is 19.6 Å². The van der Waals surface area contributed by atoms with Gasteiger partial charge in [0.25, 0.3) is 0 Å². The number of hydrogen-bond acceptors (Lipinski definition) is 4. The van der Waals surface area contributed by atoms with E-state index in [1.54, 1.807) is 19.1 Å². The average Bonchev–Trinajstić information content (AvgIpc) is 2.83. The lowest BCUT2D eigenvalue weighted by atomic mass is 10.1. The Morgan fingerprint density at radius 2 is 2.13 bits per heavy atom. The Balaban J connectivity index is 2.17. The van der Waals surface area contributed by atoms with Gasteiger partial charge < -0.3 is 0 Å². The van der Waals surface area contributed by atoms with Gasteiger partial charge in [-0.2, -0.15) is 9.61 Å². The molecule has 0 bridgehead atoms. The number of rotatable bonds is 4. The highest BCUT2D eigenvalue weighted by molar-refractivity contribution is 7.99. The number of aromatic amines is 1. The molecule has 2 heterocycles. The van der Waals surface area contributed by atoms with E-state index in [2.05, 4.69) is 21.6 Å². The van der Waals surface area contributed by atoms with Crippen LogP contribution in [0.1, 0.15) is 5.69 Å². The number of aromatic nitrogens is 4. The zero-order valence-corrected chi connectivity index (χ0v) is 13.7. The maximum atomic E-state index is 13.1. The molecule has 3 rings (SSSR count). The number of thioether (sulfide) groups is 1. The third-order valence-electron chi connectivity index (χ3n) is 3.15. The average molecular weight is 351 g/mol. The van der Waals surface area contributed by atoms with E-state index in [1.165, 1.54) is 28.4 Å². The number of nitrogens with one attached hydrogen (secondary N) is 1. The molecule has 0 radical (unpaired) electrons. The van der Waals surface area contributed by atoms with Gasteiger partial charge in [0, 0.05) is 16.3 Å². The van der Waals surface area contributed by atoms with Gasteiger partial charge in [-0.15, -0.1) is 0 Å². The molecular weight excluding hydrogens is 339 g/mol. The Hall–Kier alpha value is -2.12. The zero-order chi connectivity index (χ0) is 16.6. The summed E-state index contributed by atoms with van der Waals surface area (Å²) in [5, 5.41) is 5.09. The van der Waals surface area contributed by atoms with Gasteiger partial charge in [-0.1, -0.05) is 42.1 Å². The molecule has 1 N–H and O–H groups in total. The van der Waals surface area contributed by atoms with Gasteiger partial charge in [0.15, 0.2) is 10.8 Å². The first-order valence-electron chi connectivity index (χ1n) is 6.67. The molecule has 0 saturated heterocycles. The molecule has 0 aliphatic carbocycles. The minimum atomic E-state index is -0.394. The van der Waals surface area contributed by atoms with Crippen LogP contribution in [-0.4, -0.2) is 25.3 Å². The van der Waals surface area contributed by atoms with Crippen LogP contribution in [0.25, 0.3) is 16.8 Å². The predicted octanol–water partition coefficient (Wildman–Crippen LogP) is 3.38. The number of benzene rings is 1. The van der Waals surface area contributed by atoms with Crippen LogP contribution in [0.4, 0.5) is 4.39 Å². The molecule has 2 aromatic heterocycles. The maximum Gasteiger partial charge on any atom is 0.350 e. The summed E-state index contributed by atoms with van der Waals surface area (Å²) in [6, 6.07) is 5.99. The second-order valence-electron chi connectivity index (χ2n) is 4.86. The van der Waals surface area contributed by atoms with Crippen molar-refractivity contribution in [2.24, 2.45) is 0 Å². The molecule has 8 heteroatoms. The fourth-order valence-corrected chi connectivity index (χ4v) is 2.97. The van der Waals surface area contributed by atoms with Crippen LogP contribution in [0, 0.1) is 12.7 Å². The van der Waals surface area contributed by atoms with Gasteiger partial charge in [0.05, 0.1) is 5.69 Å². The van der Waals surface area contributed by atoms with Crippen molar-refractivity contribution in [3.63, 3.8) is 0 Å². The molecule has 23 heavy (non-hydrogen) atoms. The van der Waals surface area contributed by atoms with E-state index in [9.17, 15) is 9.18 Å². The van der Waals surface area contributed by atoms with Gasteiger partial charge in [0.2, 0.25) is 0 Å². The number of H-pyrrole nitrogens is 1. The SMILES string of the molecule is C=C(Cl)CSc1nc2c(-c3ccc(F)cc3)c(C)nn2c(=O)[nH]1. The second kappa shape index (κ2) is 6.17. The summed E-state index contributed by atoms with van der Waals surface area (Å²) in [5.74, 6) is 0.102. The van der Waals surface area contributed by atoms with Gasteiger partial charge in [0.1, 0.15) is 5.82 Å². The van der Waals surface area contributed by atoms with Crippen LogP contribution in [-0.2, 0) is 0 Å². The lowest BCUT2D eigenvalue weighted by Crippen LogP contribution is -2.19. The highest BCUT2D eigenvalue weighted by atomic mass is 35.5. The van der Waals surface area contributed by atoms with Crippen LogP contribution < -0.4 is 5.69 Å². The van der Waals surface area contributed by atoms with E-state index < -0.39 is 5.69 Å². The largest absolute Gasteiger partial charge is 0.350 e. The van der Waals surface area contributed by atoms with Crippen molar-refractivity contribution < 1.29 is 4.39 Å². The molecule has 0 spiro atoms. The van der Waals surface area contributed by atoms with Gasteiger partial charge in [-0.3, -0.25) is 4.98 Å². The molecule has 0 aliphatic heterocycles. The Kier molecular flexibility index (Phi) is 4.23. The summed E-state index contributed by atoms with van der Waals surface area (Å²) >= 11 is 7.02. The topological polar surface area (TPSA) is 63.1 Å². The third kappa shape index (κ3) is 3.16. The molecular formula is C15H12ClFN4OS. The van der Waals surface area contributed by atoms with Crippen molar-refractivity contribution >= 4 is 29.0 Å². The van der Waals surface area contributed by atoms with Gasteiger partial charge in [-0.05, 0) is 24.6 Å². The number of fused-ring (bicyclic) bond motifs is 1. The van der Waals surface area contributed by atoms with Crippen molar-refractivity contribution in [3.05, 3.63) is 57.9 Å². The van der Waals surface area contributed by atoms with Gasteiger partial charge in [-0.25, -0.2) is 14.2 Å². The van der Waals surface area contributed by atoms with Crippen LogP contribution in [0.15, 0.2) is 45.8 Å². The first-order chi connectivity index (χ1) is 11.0. The maximum absolute atomic E-state index is 13.1. The highest BCUT2D eigenvalue weighted by Crippen LogP contribution is 2.27. The molecule has 5 nitrogen and oxygen atoms in total. The molecule has 3 aromatic rings. The summed E-state index contributed by atoms with van der Waals surface area (Å²) in [6.07, 6.45) is 0. The summed E-state index contributed by atoms with van der Waals surface area (Å²) in [6.45, 7) is 5.38. The molecule has 1 aromatic carbocycles. The smallest absolute Gasteiger partial charge is 0.285 e. The summed E-state index contributed by atoms with van der Waals surface area (Å²) in [5.41, 5.74) is 2.10. The van der Waals surface area contributed by atoms with Gasteiger partial charge >= 0.3 is 5.69 Å². The first-order valence-corrected chi connectivity index (χ1v) is 8.03. The minimum Gasteiger partial charge on any atom is -0.285 e. The first kappa shape index (κ1) is 15.8. The zero-order valence-electron chi connectivity index (χ0n) is 12.1. The van der Waals surface area contributed by atoms with E-state index >= 15 is 0 Å². The molecule has 118 valence electrons. The standard InChI is InChI=1S/C15H12ClFN4OS/c1-8(16)7-23-14-18-13-12(10-3-5-11(17)6-4-10)9(2)20-21(13)15(22)19-14/h3-6H,1,7H2,2H3,(H,18,19,22). The van der Waals surface area contributed by atoms with Crippen LogP contribution in [0.5, 0.6) is 0 Å². The molecule has 0 aliphatic rings. The number of nitrogens with zero attached hydrogens (tertiary/aromatic N) is 3. The minimum absolute atomic E-state index is 0.328. The van der Waals surface area contributed by atoms with E-state index in [0.717, 1.165) is 5.56 Å². The van der Waals surface area contributed by atoms with E-state index in [1.807, 2.05) is 0 Å². The normalized spacial score (nSPS) is 11.1. The molecule has 0 unspecified atom stereocenters. The highest BCUT2D eigenvalue weighted by Gasteiger charge is 2.16. The molecule has 0 amide bonds. The summed E-state index contributed by atoms with van der Waals surface area (Å²) in [4.78, 5) is 19.3. The monoisotopic (exact) mass is 350 g/mol. The number of halogens is 2. The Morgan fingerprint density at radius 1 is 1.43 bits per heavy atom. The van der Waals surface area contributed by atoms with Crippen molar-refractivity contribution in [2.45, 2.75) is 12.1 Å². The van der Waals surface area contributed by atoms with Crippen LogP contribution >= 0.6 is 23.4 Å². The Morgan fingerprint density at radius 3 is 2.78 bits per heavy atom. The lowest BCUT2D eigenvalue weighted by molar-refractivity contribution is 0.628. The molecule has 0 saturated carbocycles. The van der Waals surface area contributed by atoms with Crippen LogP contribution in [0.3, 0.4) is 0 Å². The Labute approximate surface area is 140 Å². The third-order valence-corrected chi connectivity index (χ3v) is 4.40. The van der Waals surface area contributed by atoms with Crippen molar-refractivity contribution in [3.8, 4) is 11.1 Å². The summed E-state index contributed by atoms with van der Waals surface area (Å²) in [7, 11) is 0. The van der Waals surface area contributed by atoms with Crippen LogP contribution in [0.2, 0.25) is 0 Å². The van der Waals surface area contributed by atoms with Crippen molar-refractivity contribution in [1.29, 1.82) is 0 Å². The second-order valence-corrected chi connectivity index (χ2v) is 6.35. The van der Waals surface area contributed by atoms with E-state index in [0.29, 0.717) is 32.8 Å². The molecule has 0 atom stereocenters. The van der Waals surface area contributed by atoms with E-state index in [-0.39, 0.29) is 5.82 Å².